The van der Waals surface area contributed by atoms with Crippen LogP contribution in [0.1, 0.15) is 5.82 Å². The summed E-state index contributed by atoms with van der Waals surface area (Å²) in [6.45, 7) is 1.56. The second-order valence-electron chi connectivity index (χ2n) is 5.84. The number of nitrogens with zero attached hydrogens (tertiary/aromatic N) is 2. The first-order valence-electron chi connectivity index (χ1n) is 8.51. The number of para-hydroxylation sites is 1. The van der Waals surface area contributed by atoms with E-state index in [1.165, 1.54) is 21.3 Å². The number of methoxy groups -OCH3 is 3. The van der Waals surface area contributed by atoms with Crippen molar-refractivity contribution in [2.24, 2.45) is 0 Å². The number of aromatic nitrogens is 2. The van der Waals surface area contributed by atoms with Crippen molar-refractivity contribution in [3.05, 3.63) is 42.2 Å². The lowest BCUT2D eigenvalue weighted by Gasteiger charge is -2.15. The van der Waals surface area contributed by atoms with E-state index in [2.05, 4.69) is 15.3 Å². The van der Waals surface area contributed by atoms with E-state index in [-0.39, 0.29) is 12.5 Å². The number of anilines is 1. The van der Waals surface area contributed by atoms with E-state index in [4.69, 9.17) is 18.9 Å². The number of carbonyl (C=O) groups is 1. The molecule has 0 aliphatic rings. The van der Waals surface area contributed by atoms with Gasteiger partial charge in [-0.2, -0.15) is 4.98 Å². The van der Waals surface area contributed by atoms with Crippen molar-refractivity contribution >= 4 is 22.5 Å². The minimum atomic E-state index is -0.352. The van der Waals surface area contributed by atoms with Gasteiger partial charge in [0.05, 0.1) is 32.2 Å². The van der Waals surface area contributed by atoms with Crippen LogP contribution >= 0.6 is 0 Å². The lowest BCUT2D eigenvalue weighted by molar-refractivity contribution is -0.118. The third-order valence-corrected chi connectivity index (χ3v) is 3.97. The van der Waals surface area contributed by atoms with Gasteiger partial charge < -0.3 is 24.3 Å². The standard InChI is InChI=1S/C20H21N3O5/c1-12-21-15-8-6-5-7-14(15)20(22-12)28-11-18(24)23-13-9-16(25-2)19(27-4)17(10-13)26-3/h5-10H,11H2,1-4H3,(H,23,24). The van der Waals surface area contributed by atoms with Crippen molar-refractivity contribution < 1.29 is 23.7 Å². The summed E-state index contributed by atoms with van der Waals surface area (Å²) < 4.78 is 21.5. The zero-order valence-corrected chi connectivity index (χ0v) is 16.1. The first-order chi connectivity index (χ1) is 13.5. The van der Waals surface area contributed by atoms with E-state index >= 15 is 0 Å². The highest BCUT2D eigenvalue weighted by Crippen LogP contribution is 2.39. The second kappa shape index (κ2) is 8.43. The van der Waals surface area contributed by atoms with Crippen LogP contribution in [-0.4, -0.2) is 43.8 Å². The Balaban J connectivity index is 1.75. The maximum atomic E-state index is 12.4. The van der Waals surface area contributed by atoms with Crippen LogP contribution in [0.15, 0.2) is 36.4 Å². The van der Waals surface area contributed by atoms with E-state index in [0.717, 1.165) is 10.9 Å². The van der Waals surface area contributed by atoms with Crippen LogP contribution in [0.3, 0.4) is 0 Å². The predicted molar refractivity (Wildman–Crippen MR) is 104 cm³/mol. The summed E-state index contributed by atoms with van der Waals surface area (Å²) in [6, 6.07) is 10.8. The van der Waals surface area contributed by atoms with Gasteiger partial charge in [0.1, 0.15) is 5.82 Å². The molecule has 0 aliphatic carbocycles. The molecular formula is C20H21N3O5. The maximum absolute atomic E-state index is 12.4. The number of amides is 1. The van der Waals surface area contributed by atoms with Crippen molar-refractivity contribution in [2.75, 3.05) is 33.3 Å². The summed E-state index contributed by atoms with van der Waals surface area (Å²) in [5, 5.41) is 3.50. The topological polar surface area (TPSA) is 91.8 Å². The third kappa shape index (κ3) is 4.06. The van der Waals surface area contributed by atoms with Crippen molar-refractivity contribution in [1.29, 1.82) is 0 Å². The minimum absolute atomic E-state index is 0.211. The van der Waals surface area contributed by atoms with E-state index in [9.17, 15) is 4.79 Å². The first-order valence-corrected chi connectivity index (χ1v) is 8.51. The molecule has 0 spiro atoms. The molecule has 1 heterocycles. The Hall–Kier alpha value is -3.55. The van der Waals surface area contributed by atoms with E-state index in [1.54, 1.807) is 19.1 Å². The number of ether oxygens (including phenoxy) is 4. The van der Waals surface area contributed by atoms with Crippen LogP contribution < -0.4 is 24.3 Å². The van der Waals surface area contributed by atoms with Gasteiger partial charge in [-0.1, -0.05) is 12.1 Å². The van der Waals surface area contributed by atoms with Gasteiger partial charge in [-0.05, 0) is 19.1 Å². The van der Waals surface area contributed by atoms with Gasteiger partial charge >= 0.3 is 0 Å². The van der Waals surface area contributed by atoms with E-state index in [0.29, 0.717) is 34.6 Å². The van der Waals surface area contributed by atoms with Gasteiger partial charge in [-0.15, -0.1) is 0 Å². The molecule has 0 atom stereocenters. The third-order valence-electron chi connectivity index (χ3n) is 3.97. The van der Waals surface area contributed by atoms with Crippen LogP contribution in [0, 0.1) is 6.92 Å². The van der Waals surface area contributed by atoms with E-state index in [1.807, 2.05) is 24.3 Å². The second-order valence-corrected chi connectivity index (χ2v) is 5.84. The normalized spacial score (nSPS) is 10.4. The average Bonchev–Trinajstić information content (AvgIpc) is 2.71. The number of fused-ring (bicyclic) bond motifs is 1. The Morgan fingerprint density at radius 2 is 1.68 bits per heavy atom. The van der Waals surface area contributed by atoms with Gasteiger partial charge in [0.15, 0.2) is 18.1 Å². The smallest absolute Gasteiger partial charge is 0.262 e. The number of rotatable bonds is 7. The monoisotopic (exact) mass is 383 g/mol. The minimum Gasteiger partial charge on any atom is -0.493 e. The fourth-order valence-electron chi connectivity index (χ4n) is 2.75. The van der Waals surface area contributed by atoms with Crippen LogP contribution in [0.5, 0.6) is 23.1 Å². The number of hydrogen-bond donors (Lipinski definition) is 1. The van der Waals surface area contributed by atoms with Crippen LogP contribution in [0.25, 0.3) is 10.9 Å². The summed E-state index contributed by atoms with van der Waals surface area (Å²) in [5.41, 5.74) is 1.25. The highest BCUT2D eigenvalue weighted by Gasteiger charge is 2.15. The predicted octanol–water partition coefficient (Wildman–Crippen LogP) is 2.98. The number of benzene rings is 2. The van der Waals surface area contributed by atoms with Crippen molar-refractivity contribution in [3.63, 3.8) is 0 Å². The molecule has 28 heavy (non-hydrogen) atoms. The molecule has 0 saturated carbocycles. The van der Waals surface area contributed by atoms with Crippen LogP contribution in [0.4, 0.5) is 5.69 Å². The van der Waals surface area contributed by atoms with Crippen molar-refractivity contribution in [2.45, 2.75) is 6.92 Å². The van der Waals surface area contributed by atoms with E-state index < -0.39 is 0 Å². The Morgan fingerprint density at radius 3 is 2.32 bits per heavy atom. The SMILES string of the molecule is COc1cc(NC(=O)COc2nc(C)nc3ccccc23)cc(OC)c1OC. The van der Waals surface area contributed by atoms with Crippen molar-refractivity contribution in [3.8, 4) is 23.1 Å². The Morgan fingerprint density at radius 1 is 1.00 bits per heavy atom. The van der Waals surface area contributed by atoms with Gasteiger partial charge in [0, 0.05) is 17.8 Å². The lowest BCUT2D eigenvalue weighted by Crippen LogP contribution is -2.20. The molecule has 146 valence electrons. The molecule has 8 nitrogen and oxygen atoms in total. The molecule has 1 aromatic heterocycles. The number of aryl methyl sites for hydroxylation is 1. The maximum Gasteiger partial charge on any atom is 0.262 e. The van der Waals surface area contributed by atoms with Gasteiger partial charge in [0.25, 0.3) is 5.91 Å². The number of hydrogen-bond acceptors (Lipinski definition) is 7. The summed E-state index contributed by atoms with van der Waals surface area (Å²) in [5.74, 6) is 1.91. The zero-order chi connectivity index (χ0) is 20.1. The summed E-state index contributed by atoms with van der Waals surface area (Å²) in [6.07, 6.45) is 0. The fourth-order valence-corrected chi connectivity index (χ4v) is 2.75. The van der Waals surface area contributed by atoms with Crippen LogP contribution in [-0.2, 0) is 4.79 Å². The molecule has 0 unspecified atom stereocenters. The molecular weight excluding hydrogens is 362 g/mol. The molecule has 0 saturated heterocycles. The quantitative estimate of drug-likeness (QED) is 0.670. The number of carbonyl (C=O) groups excluding carboxylic acids is 1. The summed E-state index contributed by atoms with van der Waals surface area (Å²) in [7, 11) is 4.53. The molecule has 0 bridgehead atoms. The Bertz CT molecular complexity index is 981. The molecule has 3 aromatic rings. The van der Waals surface area contributed by atoms with Gasteiger partial charge in [-0.25, -0.2) is 4.98 Å². The summed E-state index contributed by atoms with van der Waals surface area (Å²) in [4.78, 5) is 21.0. The Kier molecular flexibility index (Phi) is 5.78. The first kappa shape index (κ1) is 19.2. The molecule has 0 aliphatic heterocycles. The molecule has 3 rings (SSSR count). The molecule has 8 heteroatoms. The van der Waals surface area contributed by atoms with Gasteiger partial charge in [0.2, 0.25) is 11.6 Å². The number of nitrogens with one attached hydrogen (secondary N) is 1. The molecule has 0 fully saturated rings. The molecule has 1 N–H and O–H groups in total. The molecule has 1 amide bonds. The largest absolute Gasteiger partial charge is 0.493 e. The lowest BCUT2D eigenvalue weighted by atomic mass is 10.2. The van der Waals surface area contributed by atoms with Crippen molar-refractivity contribution in [1.82, 2.24) is 9.97 Å². The van der Waals surface area contributed by atoms with Gasteiger partial charge in [-0.3, -0.25) is 4.79 Å². The van der Waals surface area contributed by atoms with Crippen LogP contribution in [0.2, 0.25) is 0 Å². The Labute approximate surface area is 162 Å². The molecule has 0 radical (unpaired) electrons. The highest BCUT2D eigenvalue weighted by molar-refractivity contribution is 5.93. The fraction of sp³-hybridized carbons (Fsp3) is 0.250. The average molecular weight is 383 g/mol. The highest BCUT2D eigenvalue weighted by atomic mass is 16.5. The summed E-state index contributed by atoms with van der Waals surface area (Å²) >= 11 is 0. The zero-order valence-electron chi connectivity index (χ0n) is 16.1. The molecule has 2 aromatic carbocycles.